The number of halogens is 1. The van der Waals surface area contributed by atoms with Crippen molar-refractivity contribution in [2.45, 2.75) is 76.4 Å². The highest BCUT2D eigenvalue weighted by molar-refractivity contribution is 6.30. The van der Waals surface area contributed by atoms with Crippen LogP contribution in [0.25, 0.3) is 0 Å². The van der Waals surface area contributed by atoms with E-state index >= 15 is 0 Å². The standard InChI is InChI=1S/C27H35ClO2/c1-2-3-4-5-20-6-8-23(9-7-20)25-18-29-27(30-19-25)24-12-10-21(11-13-24)22-14-16-26(28)17-15-22/h6-9,14-17,21,24-25,27H,2-5,10-13,18-19H2,1H3. The van der Waals surface area contributed by atoms with Crippen LogP contribution in [0.15, 0.2) is 48.5 Å². The lowest BCUT2D eigenvalue weighted by Gasteiger charge is -2.38. The van der Waals surface area contributed by atoms with E-state index in [0.717, 1.165) is 18.2 Å². The van der Waals surface area contributed by atoms with Crippen molar-refractivity contribution < 1.29 is 9.47 Å². The van der Waals surface area contributed by atoms with Gasteiger partial charge in [0.1, 0.15) is 0 Å². The second-order valence-corrected chi connectivity index (χ2v) is 9.53. The van der Waals surface area contributed by atoms with E-state index in [1.54, 1.807) is 0 Å². The van der Waals surface area contributed by atoms with Gasteiger partial charge in [-0.3, -0.25) is 0 Å². The molecule has 30 heavy (non-hydrogen) atoms. The lowest BCUT2D eigenvalue weighted by molar-refractivity contribution is -0.217. The Morgan fingerprint density at radius 1 is 0.767 bits per heavy atom. The normalized spacial score (nSPS) is 27.1. The number of hydrogen-bond acceptors (Lipinski definition) is 2. The Balaban J connectivity index is 1.22. The summed E-state index contributed by atoms with van der Waals surface area (Å²) in [6.45, 7) is 3.80. The Morgan fingerprint density at radius 2 is 1.37 bits per heavy atom. The molecule has 1 aliphatic carbocycles. The molecule has 0 N–H and O–H groups in total. The van der Waals surface area contributed by atoms with Gasteiger partial charge in [-0.05, 0) is 73.3 Å². The minimum absolute atomic E-state index is 0.0271. The average molecular weight is 427 g/mol. The first kappa shape index (κ1) is 21.9. The molecule has 4 rings (SSSR count). The maximum atomic E-state index is 6.21. The van der Waals surface area contributed by atoms with Crippen molar-refractivity contribution in [2.75, 3.05) is 13.2 Å². The Hall–Kier alpha value is -1.35. The maximum Gasteiger partial charge on any atom is 0.160 e. The molecule has 3 heteroatoms. The summed E-state index contributed by atoms with van der Waals surface area (Å²) < 4.78 is 12.4. The Labute approximate surface area is 186 Å². The molecule has 0 spiro atoms. The molecule has 0 bridgehead atoms. The van der Waals surface area contributed by atoms with Gasteiger partial charge in [-0.2, -0.15) is 0 Å². The lowest BCUT2D eigenvalue weighted by atomic mass is 9.78. The smallest absolute Gasteiger partial charge is 0.160 e. The van der Waals surface area contributed by atoms with Crippen LogP contribution < -0.4 is 0 Å². The minimum Gasteiger partial charge on any atom is -0.352 e. The fraction of sp³-hybridized carbons (Fsp3) is 0.556. The Morgan fingerprint density at radius 3 is 2.00 bits per heavy atom. The molecule has 0 unspecified atom stereocenters. The number of hydrogen-bond donors (Lipinski definition) is 0. The van der Waals surface area contributed by atoms with Gasteiger partial charge in [0.05, 0.1) is 13.2 Å². The summed E-state index contributed by atoms with van der Waals surface area (Å²) in [5.41, 5.74) is 4.21. The summed E-state index contributed by atoms with van der Waals surface area (Å²) in [6.07, 6.45) is 9.80. The Bertz CT molecular complexity index is 754. The quantitative estimate of drug-likeness (QED) is 0.426. The fourth-order valence-electron chi connectivity index (χ4n) is 4.98. The molecule has 1 saturated heterocycles. The van der Waals surface area contributed by atoms with E-state index in [4.69, 9.17) is 21.1 Å². The van der Waals surface area contributed by atoms with Crippen LogP contribution in [0.1, 0.15) is 80.4 Å². The highest BCUT2D eigenvalue weighted by Gasteiger charge is 2.33. The second-order valence-electron chi connectivity index (χ2n) is 9.09. The second kappa shape index (κ2) is 10.8. The predicted octanol–water partition coefficient (Wildman–Crippen LogP) is 7.50. The first-order valence-corrected chi connectivity index (χ1v) is 12.2. The Kier molecular flexibility index (Phi) is 7.87. The summed E-state index contributed by atoms with van der Waals surface area (Å²) in [4.78, 5) is 0. The average Bonchev–Trinajstić information content (AvgIpc) is 2.81. The van der Waals surface area contributed by atoms with Crippen LogP contribution in [0.5, 0.6) is 0 Å². The third kappa shape index (κ3) is 5.66. The van der Waals surface area contributed by atoms with Crippen LogP contribution in [0, 0.1) is 5.92 Å². The topological polar surface area (TPSA) is 18.5 Å². The maximum absolute atomic E-state index is 6.21. The molecule has 2 nitrogen and oxygen atoms in total. The van der Waals surface area contributed by atoms with Gasteiger partial charge in [-0.15, -0.1) is 0 Å². The minimum atomic E-state index is -0.0271. The zero-order valence-corrected chi connectivity index (χ0v) is 18.9. The third-order valence-corrected chi connectivity index (χ3v) is 7.19. The largest absolute Gasteiger partial charge is 0.352 e. The number of aryl methyl sites for hydroxylation is 1. The van der Waals surface area contributed by atoms with Gasteiger partial charge in [0.2, 0.25) is 0 Å². The van der Waals surface area contributed by atoms with E-state index in [2.05, 4.69) is 43.3 Å². The zero-order chi connectivity index (χ0) is 20.8. The van der Waals surface area contributed by atoms with E-state index in [1.807, 2.05) is 12.1 Å². The molecule has 1 saturated carbocycles. The van der Waals surface area contributed by atoms with Crippen LogP contribution >= 0.6 is 11.6 Å². The van der Waals surface area contributed by atoms with Crippen molar-refractivity contribution in [1.82, 2.24) is 0 Å². The summed E-state index contributed by atoms with van der Waals surface area (Å²) >= 11 is 6.03. The molecule has 2 fully saturated rings. The monoisotopic (exact) mass is 426 g/mol. The third-order valence-electron chi connectivity index (χ3n) is 6.94. The predicted molar refractivity (Wildman–Crippen MR) is 124 cm³/mol. The summed E-state index contributed by atoms with van der Waals surface area (Å²) in [6, 6.07) is 17.5. The summed E-state index contributed by atoms with van der Waals surface area (Å²) in [5, 5.41) is 0.817. The molecule has 0 aromatic heterocycles. The SMILES string of the molecule is CCCCCc1ccc(C2COC(C3CCC(c4ccc(Cl)cc4)CC3)OC2)cc1. The molecule has 2 aromatic carbocycles. The van der Waals surface area contributed by atoms with E-state index in [0.29, 0.717) is 17.8 Å². The number of rotatable bonds is 7. The van der Waals surface area contributed by atoms with Crippen LogP contribution in [0.4, 0.5) is 0 Å². The van der Waals surface area contributed by atoms with Crippen LogP contribution in [-0.2, 0) is 15.9 Å². The van der Waals surface area contributed by atoms with E-state index in [-0.39, 0.29) is 6.29 Å². The lowest BCUT2D eigenvalue weighted by Crippen LogP contribution is -2.37. The summed E-state index contributed by atoms with van der Waals surface area (Å²) in [5.74, 6) is 1.53. The highest BCUT2D eigenvalue weighted by atomic mass is 35.5. The van der Waals surface area contributed by atoms with Gasteiger partial charge < -0.3 is 9.47 Å². The molecule has 1 aliphatic heterocycles. The van der Waals surface area contributed by atoms with Crippen molar-refractivity contribution in [2.24, 2.45) is 5.92 Å². The van der Waals surface area contributed by atoms with E-state index < -0.39 is 0 Å². The van der Waals surface area contributed by atoms with E-state index in [1.165, 1.54) is 68.1 Å². The fourth-order valence-corrected chi connectivity index (χ4v) is 5.10. The highest BCUT2D eigenvalue weighted by Crippen LogP contribution is 2.39. The van der Waals surface area contributed by atoms with Gasteiger partial charge in [-0.25, -0.2) is 0 Å². The molecule has 0 radical (unpaired) electrons. The molecule has 0 atom stereocenters. The van der Waals surface area contributed by atoms with Crippen LogP contribution in [0.2, 0.25) is 5.02 Å². The molecule has 162 valence electrons. The van der Waals surface area contributed by atoms with Crippen molar-refractivity contribution in [3.8, 4) is 0 Å². The number of unbranched alkanes of at least 4 members (excludes halogenated alkanes) is 2. The van der Waals surface area contributed by atoms with Crippen molar-refractivity contribution in [3.63, 3.8) is 0 Å². The molecule has 2 aliphatic rings. The van der Waals surface area contributed by atoms with Gasteiger partial charge >= 0.3 is 0 Å². The van der Waals surface area contributed by atoms with Crippen molar-refractivity contribution in [3.05, 3.63) is 70.2 Å². The zero-order valence-electron chi connectivity index (χ0n) is 18.2. The van der Waals surface area contributed by atoms with Gasteiger partial charge in [-0.1, -0.05) is 67.8 Å². The summed E-state index contributed by atoms with van der Waals surface area (Å²) in [7, 11) is 0. The van der Waals surface area contributed by atoms with Gasteiger partial charge in [0, 0.05) is 16.9 Å². The molecule has 1 heterocycles. The molecular formula is C27H35ClO2. The van der Waals surface area contributed by atoms with Gasteiger partial charge in [0.15, 0.2) is 6.29 Å². The van der Waals surface area contributed by atoms with Crippen LogP contribution in [-0.4, -0.2) is 19.5 Å². The van der Waals surface area contributed by atoms with Crippen LogP contribution in [0.3, 0.4) is 0 Å². The molecule has 2 aromatic rings. The number of ether oxygens (including phenoxy) is 2. The first-order chi connectivity index (χ1) is 14.7. The molecule has 0 amide bonds. The van der Waals surface area contributed by atoms with Crippen molar-refractivity contribution in [1.29, 1.82) is 0 Å². The van der Waals surface area contributed by atoms with Gasteiger partial charge in [0.25, 0.3) is 0 Å². The molecular weight excluding hydrogens is 392 g/mol. The first-order valence-electron chi connectivity index (χ1n) is 11.8. The number of benzene rings is 2. The van der Waals surface area contributed by atoms with Crippen molar-refractivity contribution >= 4 is 11.6 Å². The van der Waals surface area contributed by atoms with E-state index in [9.17, 15) is 0 Å².